The van der Waals surface area contributed by atoms with Crippen molar-refractivity contribution in [1.82, 2.24) is 5.32 Å². The van der Waals surface area contributed by atoms with Gasteiger partial charge in [-0.2, -0.15) is 11.3 Å². The highest BCUT2D eigenvalue weighted by atomic mass is 32.1. The van der Waals surface area contributed by atoms with Crippen molar-refractivity contribution >= 4 is 28.8 Å². The molecule has 3 aromatic rings. The zero-order chi connectivity index (χ0) is 23.3. The van der Waals surface area contributed by atoms with Crippen molar-refractivity contribution < 1.29 is 9.59 Å². The van der Waals surface area contributed by atoms with E-state index in [1.807, 2.05) is 53.2 Å². The van der Waals surface area contributed by atoms with E-state index in [9.17, 15) is 9.59 Å². The second-order valence-corrected chi connectivity index (χ2v) is 10.3. The molecule has 1 fully saturated rings. The summed E-state index contributed by atoms with van der Waals surface area (Å²) in [5.41, 5.74) is 5.30. The Labute approximate surface area is 206 Å². The first-order valence-corrected chi connectivity index (χ1v) is 13.4. The number of benzene rings is 2. The van der Waals surface area contributed by atoms with Gasteiger partial charge in [-0.1, -0.05) is 55.7 Å². The number of rotatable bonds is 7. The van der Waals surface area contributed by atoms with Crippen LogP contribution in [-0.2, 0) is 28.9 Å². The Bertz CT molecular complexity index is 1120. The average molecular weight is 473 g/mol. The zero-order valence-electron chi connectivity index (χ0n) is 19.5. The molecule has 5 heteroatoms. The van der Waals surface area contributed by atoms with Crippen LogP contribution in [0.5, 0.6) is 0 Å². The molecular weight excluding hydrogens is 440 g/mol. The number of nitrogens with zero attached hydrogens (tertiary/aromatic N) is 1. The predicted molar refractivity (Wildman–Crippen MR) is 138 cm³/mol. The SMILES string of the molecule is O=C(NC1CCCCC1)C(c1ccccc1)N(C(=O)Cc1ccsc1)c1ccc2c(c1)CCC2. The van der Waals surface area contributed by atoms with Gasteiger partial charge in [0.2, 0.25) is 11.8 Å². The van der Waals surface area contributed by atoms with E-state index in [0.29, 0.717) is 0 Å². The number of carbonyl (C=O) groups excluding carboxylic acids is 2. The summed E-state index contributed by atoms with van der Waals surface area (Å²) in [6.07, 6.45) is 9.08. The van der Waals surface area contributed by atoms with E-state index in [4.69, 9.17) is 0 Å². The minimum Gasteiger partial charge on any atom is -0.351 e. The van der Waals surface area contributed by atoms with Gasteiger partial charge in [0.1, 0.15) is 6.04 Å². The number of amides is 2. The molecule has 1 heterocycles. The van der Waals surface area contributed by atoms with E-state index in [1.54, 1.807) is 16.2 Å². The van der Waals surface area contributed by atoms with Gasteiger partial charge in [0.05, 0.1) is 6.42 Å². The minimum atomic E-state index is -0.700. The lowest BCUT2D eigenvalue weighted by atomic mass is 9.94. The summed E-state index contributed by atoms with van der Waals surface area (Å²) in [6, 6.07) is 17.5. The average Bonchev–Trinajstić information content (AvgIpc) is 3.55. The van der Waals surface area contributed by atoms with Crippen LogP contribution in [0, 0.1) is 0 Å². The van der Waals surface area contributed by atoms with Crippen LogP contribution in [0.1, 0.15) is 66.8 Å². The molecule has 4 nitrogen and oxygen atoms in total. The van der Waals surface area contributed by atoms with Crippen LogP contribution < -0.4 is 10.2 Å². The number of hydrogen-bond acceptors (Lipinski definition) is 3. The highest BCUT2D eigenvalue weighted by Gasteiger charge is 2.34. The van der Waals surface area contributed by atoms with Gasteiger partial charge < -0.3 is 5.32 Å². The summed E-state index contributed by atoms with van der Waals surface area (Å²) in [4.78, 5) is 29.5. The van der Waals surface area contributed by atoms with E-state index in [0.717, 1.165) is 61.8 Å². The molecule has 0 spiro atoms. The Morgan fingerprint density at radius 1 is 0.941 bits per heavy atom. The molecule has 2 aliphatic carbocycles. The van der Waals surface area contributed by atoms with E-state index in [2.05, 4.69) is 17.4 Å². The molecule has 0 bridgehead atoms. The fourth-order valence-corrected chi connectivity index (χ4v) is 6.05. The number of nitrogens with one attached hydrogen (secondary N) is 1. The molecule has 1 aromatic heterocycles. The third-order valence-electron chi connectivity index (χ3n) is 7.14. The van der Waals surface area contributed by atoms with Crippen LogP contribution in [0.2, 0.25) is 0 Å². The summed E-state index contributed by atoms with van der Waals surface area (Å²) < 4.78 is 0. The first-order chi connectivity index (χ1) is 16.7. The van der Waals surface area contributed by atoms with Crippen LogP contribution >= 0.6 is 11.3 Å². The fraction of sp³-hybridized carbons (Fsp3) is 0.379. The minimum absolute atomic E-state index is 0.0519. The van der Waals surface area contributed by atoms with Gasteiger partial charge >= 0.3 is 0 Å². The largest absolute Gasteiger partial charge is 0.351 e. The number of hydrogen-bond donors (Lipinski definition) is 1. The molecule has 176 valence electrons. The van der Waals surface area contributed by atoms with Gasteiger partial charge in [-0.15, -0.1) is 0 Å². The quantitative estimate of drug-likeness (QED) is 0.458. The molecule has 0 aliphatic heterocycles. The van der Waals surface area contributed by atoms with Gasteiger partial charge in [0.25, 0.3) is 0 Å². The molecule has 2 aromatic carbocycles. The normalized spacial score (nSPS) is 16.6. The highest BCUT2D eigenvalue weighted by molar-refractivity contribution is 7.08. The maximum absolute atomic E-state index is 13.9. The molecule has 1 N–H and O–H groups in total. The van der Waals surface area contributed by atoms with Crippen molar-refractivity contribution in [3.63, 3.8) is 0 Å². The Hall–Kier alpha value is -2.92. The molecule has 1 unspecified atom stereocenters. The number of thiophene rings is 1. The summed E-state index contributed by atoms with van der Waals surface area (Å²) in [7, 11) is 0. The van der Waals surface area contributed by atoms with Crippen LogP contribution in [0.25, 0.3) is 0 Å². The standard InChI is InChI=1S/C29H32N2O2S/c32-27(18-21-16-17-34-20-21)31(26-15-14-22-10-7-11-24(22)19-26)28(23-8-3-1-4-9-23)29(33)30-25-12-5-2-6-13-25/h1,3-4,8-9,14-17,19-20,25,28H,2,5-7,10-13,18H2,(H,30,33). The second kappa shape index (κ2) is 10.6. The van der Waals surface area contributed by atoms with Gasteiger partial charge in [0.15, 0.2) is 0 Å². The van der Waals surface area contributed by atoms with Crippen LogP contribution in [-0.4, -0.2) is 17.9 Å². The first kappa shape index (κ1) is 22.9. The second-order valence-electron chi connectivity index (χ2n) is 9.54. The molecule has 5 rings (SSSR count). The molecular formula is C29H32N2O2S. The molecule has 0 radical (unpaired) electrons. The molecule has 34 heavy (non-hydrogen) atoms. The maximum atomic E-state index is 13.9. The number of anilines is 1. The van der Waals surface area contributed by atoms with Crippen molar-refractivity contribution in [2.24, 2.45) is 0 Å². The highest BCUT2D eigenvalue weighted by Crippen LogP contribution is 2.33. The smallest absolute Gasteiger partial charge is 0.248 e. The van der Waals surface area contributed by atoms with Crippen molar-refractivity contribution in [3.8, 4) is 0 Å². The number of aryl methyl sites for hydroxylation is 2. The Morgan fingerprint density at radius 2 is 1.74 bits per heavy atom. The van der Waals surface area contributed by atoms with Crippen molar-refractivity contribution in [1.29, 1.82) is 0 Å². The van der Waals surface area contributed by atoms with E-state index < -0.39 is 6.04 Å². The summed E-state index contributed by atoms with van der Waals surface area (Å²) in [5, 5.41) is 7.31. The van der Waals surface area contributed by atoms with Crippen molar-refractivity contribution in [3.05, 3.63) is 87.6 Å². The lowest BCUT2D eigenvalue weighted by molar-refractivity contribution is -0.127. The Kier molecular flexibility index (Phi) is 7.10. The van der Waals surface area contributed by atoms with E-state index in [1.165, 1.54) is 17.5 Å². The van der Waals surface area contributed by atoms with Crippen LogP contribution in [0.3, 0.4) is 0 Å². The third kappa shape index (κ3) is 5.10. The Balaban J connectivity index is 1.54. The third-order valence-corrected chi connectivity index (χ3v) is 7.87. The fourth-order valence-electron chi connectivity index (χ4n) is 5.38. The van der Waals surface area contributed by atoms with Crippen molar-refractivity contribution in [2.45, 2.75) is 69.9 Å². The predicted octanol–water partition coefficient (Wildman–Crippen LogP) is 6.00. The zero-order valence-corrected chi connectivity index (χ0v) is 20.4. The number of carbonyl (C=O) groups is 2. The van der Waals surface area contributed by atoms with Gasteiger partial charge in [-0.25, -0.2) is 0 Å². The van der Waals surface area contributed by atoms with Gasteiger partial charge in [0, 0.05) is 11.7 Å². The molecule has 2 amide bonds. The molecule has 1 saturated carbocycles. The maximum Gasteiger partial charge on any atom is 0.248 e. The van der Waals surface area contributed by atoms with Crippen LogP contribution in [0.4, 0.5) is 5.69 Å². The van der Waals surface area contributed by atoms with Gasteiger partial charge in [-0.3, -0.25) is 14.5 Å². The lowest BCUT2D eigenvalue weighted by Gasteiger charge is -2.34. The van der Waals surface area contributed by atoms with Crippen molar-refractivity contribution in [2.75, 3.05) is 4.90 Å². The topological polar surface area (TPSA) is 49.4 Å². The number of fused-ring (bicyclic) bond motifs is 1. The lowest BCUT2D eigenvalue weighted by Crippen LogP contribution is -2.47. The molecule has 0 saturated heterocycles. The van der Waals surface area contributed by atoms with Crippen LogP contribution in [0.15, 0.2) is 65.4 Å². The van der Waals surface area contributed by atoms with E-state index in [-0.39, 0.29) is 24.3 Å². The molecule has 1 atom stereocenters. The molecule has 2 aliphatic rings. The summed E-state index contributed by atoms with van der Waals surface area (Å²) in [5.74, 6) is -0.138. The summed E-state index contributed by atoms with van der Waals surface area (Å²) in [6.45, 7) is 0. The van der Waals surface area contributed by atoms with Gasteiger partial charge in [-0.05, 0) is 83.3 Å². The van der Waals surface area contributed by atoms with E-state index >= 15 is 0 Å². The first-order valence-electron chi connectivity index (χ1n) is 12.5. The Morgan fingerprint density at radius 3 is 2.50 bits per heavy atom. The summed E-state index contributed by atoms with van der Waals surface area (Å²) >= 11 is 1.59. The monoisotopic (exact) mass is 472 g/mol.